The van der Waals surface area contributed by atoms with Crippen molar-refractivity contribution in [2.24, 2.45) is 0 Å². The topological polar surface area (TPSA) is 32.3 Å². The number of nitrogens with one attached hydrogen (secondary N) is 1. The van der Waals surface area contributed by atoms with Crippen molar-refractivity contribution in [1.29, 1.82) is 0 Å². The predicted molar refractivity (Wildman–Crippen MR) is 78.4 cm³/mol. The highest BCUT2D eigenvalue weighted by Crippen LogP contribution is 2.19. The minimum Gasteiger partial charge on any atom is -0.353 e. The molecule has 0 unspecified atom stereocenters. The summed E-state index contributed by atoms with van der Waals surface area (Å²) < 4.78 is 13.6. The van der Waals surface area contributed by atoms with Gasteiger partial charge in [0.2, 0.25) is 5.91 Å². The van der Waals surface area contributed by atoms with Gasteiger partial charge in [-0.25, -0.2) is 4.39 Å². The van der Waals surface area contributed by atoms with E-state index >= 15 is 0 Å². The molecule has 2 rings (SSSR count). The monoisotopic (exact) mass is 298 g/mol. The summed E-state index contributed by atoms with van der Waals surface area (Å²) in [7, 11) is 0. The summed E-state index contributed by atoms with van der Waals surface area (Å²) in [6, 6.07) is 4.66. The summed E-state index contributed by atoms with van der Waals surface area (Å²) in [5.74, 6) is -0.583. The maximum atomic E-state index is 13.6. The quantitative estimate of drug-likeness (QED) is 0.927. The molecule has 1 saturated heterocycles. The number of nitrogens with zero attached hydrogens (tertiary/aromatic N) is 1. The molecule has 0 aliphatic carbocycles. The summed E-state index contributed by atoms with van der Waals surface area (Å²) in [6.45, 7) is 5.19. The van der Waals surface area contributed by atoms with Crippen LogP contribution < -0.4 is 5.32 Å². The number of hydrogen-bond acceptors (Lipinski definition) is 2. The first-order valence-electron chi connectivity index (χ1n) is 7.04. The Kier molecular flexibility index (Phi) is 5.38. The molecule has 1 aliphatic rings. The largest absolute Gasteiger partial charge is 0.353 e. The van der Waals surface area contributed by atoms with Gasteiger partial charge >= 0.3 is 0 Å². The van der Waals surface area contributed by atoms with Gasteiger partial charge in [0.05, 0.1) is 6.42 Å². The molecule has 0 spiro atoms. The van der Waals surface area contributed by atoms with Gasteiger partial charge in [-0.15, -0.1) is 0 Å². The molecule has 1 aromatic rings. The Balaban J connectivity index is 1.87. The smallest absolute Gasteiger partial charge is 0.224 e. The molecule has 3 nitrogen and oxygen atoms in total. The highest BCUT2D eigenvalue weighted by atomic mass is 35.5. The first-order chi connectivity index (χ1) is 9.60. The van der Waals surface area contributed by atoms with Crippen molar-refractivity contribution in [2.75, 3.05) is 19.6 Å². The van der Waals surface area contributed by atoms with Crippen molar-refractivity contribution >= 4 is 17.5 Å². The lowest BCUT2D eigenvalue weighted by Gasteiger charge is -2.31. The fourth-order valence-electron chi connectivity index (χ4n) is 2.53. The Labute approximate surface area is 124 Å². The first kappa shape index (κ1) is 15.3. The fraction of sp³-hybridized carbons (Fsp3) is 0.533. The molecule has 1 aliphatic heterocycles. The van der Waals surface area contributed by atoms with Crippen LogP contribution in [0, 0.1) is 5.82 Å². The van der Waals surface area contributed by atoms with Crippen LogP contribution in [0.3, 0.4) is 0 Å². The van der Waals surface area contributed by atoms with Crippen LogP contribution >= 0.6 is 11.6 Å². The van der Waals surface area contributed by atoms with Crippen LogP contribution in [-0.2, 0) is 11.2 Å². The Morgan fingerprint density at radius 3 is 2.75 bits per heavy atom. The molecule has 1 heterocycles. The number of likely N-dealkylation sites (tertiary alicyclic amines) is 1. The van der Waals surface area contributed by atoms with E-state index in [9.17, 15) is 9.18 Å². The van der Waals surface area contributed by atoms with Gasteiger partial charge < -0.3 is 10.2 Å². The van der Waals surface area contributed by atoms with E-state index in [0.29, 0.717) is 5.02 Å². The molecule has 5 heteroatoms. The molecule has 20 heavy (non-hydrogen) atoms. The van der Waals surface area contributed by atoms with Crippen molar-refractivity contribution < 1.29 is 9.18 Å². The van der Waals surface area contributed by atoms with Crippen LogP contribution in [0.5, 0.6) is 0 Å². The molecule has 110 valence electrons. The second kappa shape index (κ2) is 7.04. The average Bonchev–Trinajstić information content (AvgIpc) is 2.44. The van der Waals surface area contributed by atoms with E-state index in [4.69, 9.17) is 11.6 Å². The number of amides is 1. The summed E-state index contributed by atoms with van der Waals surface area (Å²) in [5, 5.41) is 3.28. The minimum absolute atomic E-state index is 0.000497. The number of hydrogen-bond donors (Lipinski definition) is 1. The minimum atomic E-state index is -0.423. The number of halogens is 2. The zero-order valence-corrected chi connectivity index (χ0v) is 12.4. The van der Waals surface area contributed by atoms with Gasteiger partial charge in [-0.1, -0.05) is 24.6 Å². The molecule has 1 amide bonds. The second-order valence-electron chi connectivity index (χ2n) is 5.15. The molecule has 1 N–H and O–H groups in total. The Morgan fingerprint density at radius 2 is 2.15 bits per heavy atom. The van der Waals surface area contributed by atoms with Gasteiger partial charge in [-0.2, -0.15) is 0 Å². The Morgan fingerprint density at radius 1 is 1.45 bits per heavy atom. The van der Waals surface area contributed by atoms with Gasteiger partial charge in [0, 0.05) is 29.7 Å². The van der Waals surface area contributed by atoms with Gasteiger partial charge in [-0.3, -0.25) is 4.79 Å². The van der Waals surface area contributed by atoms with Crippen molar-refractivity contribution in [2.45, 2.75) is 32.2 Å². The van der Waals surface area contributed by atoms with Gasteiger partial charge in [0.15, 0.2) is 0 Å². The summed E-state index contributed by atoms with van der Waals surface area (Å²) in [5.41, 5.74) is 0.276. The second-order valence-corrected chi connectivity index (χ2v) is 5.56. The lowest BCUT2D eigenvalue weighted by molar-refractivity contribution is -0.121. The fourth-order valence-corrected chi connectivity index (χ4v) is 2.76. The van der Waals surface area contributed by atoms with Crippen molar-refractivity contribution in [3.63, 3.8) is 0 Å². The van der Waals surface area contributed by atoms with Crippen LogP contribution in [0.1, 0.15) is 25.3 Å². The predicted octanol–water partition coefficient (Wildman–Crippen LogP) is 2.62. The normalized spacial score (nSPS) is 17.1. The molecule has 0 atom stereocenters. The number of piperidine rings is 1. The summed E-state index contributed by atoms with van der Waals surface area (Å²) in [4.78, 5) is 14.3. The summed E-state index contributed by atoms with van der Waals surface area (Å²) >= 11 is 5.93. The van der Waals surface area contributed by atoms with Gasteiger partial charge in [-0.05, 0) is 31.5 Å². The van der Waals surface area contributed by atoms with Crippen LogP contribution in [0.25, 0.3) is 0 Å². The third kappa shape index (κ3) is 3.93. The maximum absolute atomic E-state index is 13.6. The zero-order valence-electron chi connectivity index (χ0n) is 11.7. The third-order valence-electron chi connectivity index (χ3n) is 3.80. The van der Waals surface area contributed by atoms with Crippen molar-refractivity contribution in [3.05, 3.63) is 34.6 Å². The Hall–Kier alpha value is -1.13. The van der Waals surface area contributed by atoms with Crippen LogP contribution in [0.4, 0.5) is 4.39 Å². The molecule has 1 aromatic carbocycles. The Bertz CT molecular complexity index is 453. The number of benzene rings is 1. The standard InChI is InChI=1S/C15H20ClFN2O/c1-2-19-8-6-11(7-9-19)18-15(20)10-12-13(16)4-3-5-14(12)17/h3-5,11H,2,6-10H2,1H3,(H,18,20). The number of carbonyl (C=O) groups is 1. The molecular formula is C15H20ClFN2O. The highest BCUT2D eigenvalue weighted by molar-refractivity contribution is 6.31. The van der Waals surface area contributed by atoms with E-state index in [0.717, 1.165) is 32.5 Å². The first-order valence-corrected chi connectivity index (χ1v) is 7.42. The van der Waals surface area contributed by atoms with E-state index in [1.54, 1.807) is 12.1 Å². The maximum Gasteiger partial charge on any atom is 0.224 e. The molecule has 1 fully saturated rings. The van der Waals surface area contributed by atoms with Gasteiger partial charge in [0.25, 0.3) is 0 Å². The number of rotatable bonds is 4. The van der Waals surface area contributed by atoms with Crippen molar-refractivity contribution in [1.82, 2.24) is 10.2 Å². The van der Waals surface area contributed by atoms with E-state index < -0.39 is 5.82 Å². The molecule has 0 bridgehead atoms. The van der Waals surface area contributed by atoms with E-state index in [-0.39, 0.29) is 23.9 Å². The zero-order chi connectivity index (χ0) is 14.5. The van der Waals surface area contributed by atoms with Crippen LogP contribution in [0.15, 0.2) is 18.2 Å². The van der Waals surface area contributed by atoms with E-state index in [1.165, 1.54) is 6.07 Å². The third-order valence-corrected chi connectivity index (χ3v) is 4.15. The molecule has 0 radical (unpaired) electrons. The lowest BCUT2D eigenvalue weighted by atomic mass is 10.0. The number of carbonyl (C=O) groups excluding carboxylic acids is 1. The van der Waals surface area contributed by atoms with E-state index in [1.807, 2.05) is 0 Å². The lowest BCUT2D eigenvalue weighted by Crippen LogP contribution is -2.45. The molecule has 0 saturated carbocycles. The van der Waals surface area contributed by atoms with Crippen LogP contribution in [0.2, 0.25) is 5.02 Å². The average molecular weight is 299 g/mol. The molecule has 0 aromatic heterocycles. The SMILES string of the molecule is CCN1CCC(NC(=O)Cc2c(F)cccc2Cl)CC1. The van der Waals surface area contributed by atoms with Crippen molar-refractivity contribution in [3.8, 4) is 0 Å². The van der Waals surface area contributed by atoms with E-state index in [2.05, 4.69) is 17.1 Å². The van der Waals surface area contributed by atoms with Gasteiger partial charge in [0.1, 0.15) is 5.82 Å². The molecular weight excluding hydrogens is 279 g/mol. The highest BCUT2D eigenvalue weighted by Gasteiger charge is 2.20. The van der Waals surface area contributed by atoms with Crippen LogP contribution in [-0.4, -0.2) is 36.5 Å². The summed E-state index contributed by atoms with van der Waals surface area (Å²) in [6.07, 6.45) is 1.90.